The molecule has 1 atom stereocenters. The van der Waals surface area contributed by atoms with Gasteiger partial charge in [0.25, 0.3) is 5.91 Å². The lowest BCUT2D eigenvalue weighted by atomic mass is 9.70. The van der Waals surface area contributed by atoms with E-state index in [1.54, 1.807) is 11.1 Å². The molecule has 1 aromatic carbocycles. The van der Waals surface area contributed by atoms with E-state index in [4.69, 9.17) is 4.74 Å². The summed E-state index contributed by atoms with van der Waals surface area (Å²) >= 11 is 0. The zero-order valence-electron chi connectivity index (χ0n) is 18.0. The summed E-state index contributed by atoms with van der Waals surface area (Å²) in [5, 5.41) is 3.19. The van der Waals surface area contributed by atoms with Gasteiger partial charge < -0.3 is 19.9 Å². The maximum Gasteiger partial charge on any atom is 0.263 e. The lowest BCUT2D eigenvalue weighted by Crippen LogP contribution is -2.33. The number of nitrogens with zero attached hydrogens (tertiary/aromatic N) is 4. The van der Waals surface area contributed by atoms with Crippen molar-refractivity contribution in [2.24, 2.45) is 0 Å². The fourth-order valence-corrected chi connectivity index (χ4v) is 3.86. The van der Waals surface area contributed by atoms with Crippen molar-refractivity contribution in [1.82, 2.24) is 15.3 Å². The van der Waals surface area contributed by atoms with Crippen LogP contribution in [0.25, 0.3) is 0 Å². The summed E-state index contributed by atoms with van der Waals surface area (Å²) in [6, 6.07) is 8.01. The highest BCUT2D eigenvalue weighted by Gasteiger charge is 2.27. The normalized spacial score (nSPS) is 16.6. The summed E-state index contributed by atoms with van der Waals surface area (Å²) in [6.07, 6.45) is 8.14. The Morgan fingerprint density at radius 3 is 3.03 bits per heavy atom. The van der Waals surface area contributed by atoms with Crippen LogP contribution in [0.15, 0.2) is 60.4 Å². The highest BCUT2D eigenvalue weighted by Crippen LogP contribution is 2.26. The minimum absolute atomic E-state index is 0.0311. The van der Waals surface area contributed by atoms with Crippen LogP contribution in [0.3, 0.4) is 0 Å². The second-order valence-corrected chi connectivity index (χ2v) is 7.72. The van der Waals surface area contributed by atoms with E-state index >= 15 is 0 Å². The van der Waals surface area contributed by atoms with Crippen molar-refractivity contribution in [3.05, 3.63) is 71.5 Å². The van der Waals surface area contributed by atoms with Crippen LogP contribution in [0, 0.1) is 0 Å². The van der Waals surface area contributed by atoms with Gasteiger partial charge in [-0.2, -0.15) is 0 Å². The van der Waals surface area contributed by atoms with Gasteiger partial charge in [-0.05, 0) is 37.7 Å². The maximum absolute atomic E-state index is 13.2. The number of ether oxygens (including phenoxy) is 1. The number of hydrogen-bond donors (Lipinski definition) is 1. The largest absolute Gasteiger partial charge is 0.370 e. The molecule has 1 unspecified atom stereocenters. The van der Waals surface area contributed by atoms with E-state index < -0.39 is 0 Å². The molecule has 0 bridgehead atoms. The van der Waals surface area contributed by atoms with E-state index in [-0.39, 0.29) is 12.0 Å². The average molecular weight is 416 g/mol. The van der Waals surface area contributed by atoms with Crippen LogP contribution in [-0.4, -0.2) is 63.0 Å². The Bertz CT molecular complexity index is 993. The molecule has 3 heterocycles. The second-order valence-electron chi connectivity index (χ2n) is 7.72. The molecular formula is C23H27BN5O2. The molecule has 1 aromatic heterocycles. The van der Waals surface area contributed by atoms with Crippen LogP contribution in [0.5, 0.6) is 0 Å². The van der Waals surface area contributed by atoms with E-state index in [9.17, 15) is 4.79 Å². The second kappa shape index (κ2) is 9.89. The molecule has 2 aromatic rings. The molecule has 2 aliphatic heterocycles. The van der Waals surface area contributed by atoms with Crippen molar-refractivity contribution in [3.63, 3.8) is 0 Å². The van der Waals surface area contributed by atoms with Gasteiger partial charge in [0.1, 0.15) is 17.7 Å². The Labute approximate surface area is 184 Å². The first kappa shape index (κ1) is 21.3. The minimum Gasteiger partial charge on any atom is -0.370 e. The monoisotopic (exact) mass is 416 g/mol. The molecular weight excluding hydrogens is 389 g/mol. The van der Waals surface area contributed by atoms with Crippen molar-refractivity contribution in [1.29, 1.82) is 0 Å². The molecule has 0 aliphatic carbocycles. The minimum atomic E-state index is -0.0818. The average Bonchev–Trinajstić information content (AvgIpc) is 3.30. The molecule has 159 valence electrons. The Morgan fingerprint density at radius 1 is 1.32 bits per heavy atom. The van der Waals surface area contributed by atoms with E-state index in [0.29, 0.717) is 31.1 Å². The summed E-state index contributed by atoms with van der Waals surface area (Å²) in [5.74, 6) is 2.63. The SMILES string of the molecule is CNCCC(OCc1cccc(N2CCN(C)c3ncncc3C2=O)c1)C1=CC=C[B]1. The van der Waals surface area contributed by atoms with E-state index in [1.807, 2.05) is 55.3 Å². The van der Waals surface area contributed by atoms with Gasteiger partial charge in [-0.1, -0.05) is 29.8 Å². The number of amides is 1. The summed E-state index contributed by atoms with van der Waals surface area (Å²) in [7, 11) is 5.99. The van der Waals surface area contributed by atoms with Crippen molar-refractivity contribution in [2.45, 2.75) is 19.1 Å². The van der Waals surface area contributed by atoms with Crippen LogP contribution in [0.4, 0.5) is 11.5 Å². The number of carbonyl (C=O) groups excluding carboxylic acids is 1. The predicted octanol–water partition coefficient (Wildman–Crippen LogP) is 2.18. The van der Waals surface area contributed by atoms with E-state index in [2.05, 4.69) is 28.6 Å². The van der Waals surface area contributed by atoms with Crippen LogP contribution in [0.2, 0.25) is 0 Å². The van der Waals surface area contributed by atoms with Gasteiger partial charge in [0.05, 0.1) is 12.7 Å². The highest BCUT2D eigenvalue weighted by molar-refractivity contribution is 6.52. The summed E-state index contributed by atoms with van der Waals surface area (Å²) in [5.41, 5.74) is 3.60. The van der Waals surface area contributed by atoms with Gasteiger partial charge in [0.2, 0.25) is 0 Å². The maximum atomic E-state index is 13.2. The van der Waals surface area contributed by atoms with Crippen molar-refractivity contribution in [3.8, 4) is 0 Å². The van der Waals surface area contributed by atoms with E-state index in [1.165, 1.54) is 11.8 Å². The zero-order chi connectivity index (χ0) is 21.6. The van der Waals surface area contributed by atoms with Gasteiger partial charge >= 0.3 is 0 Å². The third-order valence-electron chi connectivity index (χ3n) is 5.58. The Hall–Kier alpha value is -2.97. The Morgan fingerprint density at radius 2 is 2.23 bits per heavy atom. The number of rotatable bonds is 8. The van der Waals surface area contributed by atoms with Crippen LogP contribution < -0.4 is 15.1 Å². The Balaban J connectivity index is 1.50. The first-order valence-electron chi connectivity index (χ1n) is 10.6. The van der Waals surface area contributed by atoms with Crippen molar-refractivity contribution in [2.75, 3.05) is 43.5 Å². The van der Waals surface area contributed by atoms with Gasteiger partial charge in [-0.25, -0.2) is 9.97 Å². The number of allylic oxidation sites excluding steroid dienone is 2. The lowest BCUT2D eigenvalue weighted by Gasteiger charge is -2.23. The van der Waals surface area contributed by atoms with Crippen LogP contribution in [-0.2, 0) is 11.3 Å². The molecule has 4 rings (SSSR count). The number of likely N-dealkylation sites (N-methyl/N-ethyl adjacent to an activating group) is 1. The molecule has 31 heavy (non-hydrogen) atoms. The number of benzene rings is 1. The molecule has 1 radical (unpaired) electrons. The first-order chi connectivity index (χ1) is 15.2. The van der Waals surface area contributed by atoms with Gasteiger partial charge in [-0.3, -0.25) is 4.79 Å². The van der Waals surface area contributed by atoms with E-state index in [0.717, 1.165) is 24.2 Å². The molecule has 7 nitrogen and oxygen atoms in total. The lowest BCUT2D eigenvalue weighted by molar-refractivity contribution is 0.0638. The molecule has 1 N–H and O–H groups in total. The molecule has 0 fully saturated rings. The number of fused-ring (bicyclic) bond motifs is 1. The van der Waals surface area contributed by atoms with Crippen molar-refractivity contribution < 1.29 is 9.53 Å². The molecule has 8 heteroatoms. The fourth-order valence-electron chi connectivity index (χ4n) is 3.86. The number of aromatic nitrogens is 2. The van der Waals surface area contributed by atoms with Crippen LogP contribution >= 0.6 is 0 Å². The quantitative estimate of drug-likeness (QED) is 0.666. The number of hydrogen-bond acceptors (Lipinski definition) is 6. The summed E-state index contributed by atoms with van der Waals surface area (Å²) in [6.45, 7) is 2.63. The number of anilines is 2. The third-order valence-corrected chi connectivity index (χ3v) is 5.58. The predicted molar refractivity (Wildman–Crippen MR) is 124 cm³/mol. The van der Waals surface area contributed by atoms with Crippen molar-refractivity contribution >= 4 is 24.7 Å². The van der Waals surface area contributed by atoms with Gasteiger partial charge in [0, 0.05) is 32.0 Å². The van der Waals surface area contributed by atoms with Crippen LogP contribution in [0.1, 0.15) is 22.3 Å². The molecule has 2 aliphatic rings. The summed E-state index contributed by atoms with van der Waals surface area (Å²) < 4.78 is 6.27. The number of nitrogens with one attached hydrogen (secondary N) is 1. The zero-order valence-corrected chi connectivity index (χ0v) is 18.0. The Kier molecular flexibility index (Phi) is 6.79. The number of carbonyl (C=O) groups is 1. The molecule has 0 saturated carbocycles. The molecule has 0 spiro atoms. The first-order valence-corrected chi connectivity index (χ1v) is 10.6. The highest BCUT2D eigenvalue weighted by atomic mass is 16.5. The topological polar surface area (TPSA) is 70.6 Å². The summed E-state index contributed by atoms with van der Waals surface area (Å²) in [4.78, 5) is 25.4. The fraction of sp³-hybridized carbons (Fsp3) is 0.348. The molecule has 0 saturated heterocycles. The standard InChI is InChI=1S/C23H27BN5O2/c1-25-10-8-21(20-7-4-9-24-20)31-15-17-5-3-6-18(13-17)29-12-11-28(2)22-19(23(29)30)14-26-16-27-22/h3-7,9,13-14,16,21,25H,8,10-12,15H2,1-2H3. The van der Waals surface area contributed by atoms with Gasteiger partial charge in [0.15, 0.2) is 7.28 Å². The van der Waals surface area contributed by atoms with Gasteiger partial charge in [-0.15, -0.1) is 5.98 Å². The smallest absolute Gasteiger partial charge is 0.263 e. The third kappa shape index (κ3) is 4.86. The molecule has 1 amide bonds.